The van der Waals surface area contributed by atoms with Gasteiger partial charge in [-0.05, 0) is 134 Å². The molecule has 2 heteroatoms. The molecule has 0 bridgehead atoms. The van der Waals surface area contributed by atoms with Crippen LogP contribution in [0.1, 0.15) is 130 Å². The van der Waals surface area contributed by atoms with Crippen LogP contribution in [-0.2, 0) is 4.74 Å². The maximum Gasteiger partial charge on any atom is 0.338 e. The molecule has 0 spiro atoms. The fourth-order valence-corrected chi connectivity index (χ4v) is 12.7. The van der Waals surface area contributed by atoms with E-state index in [4.69, 9.17) is 4.74 Å². The summed E-state index contributed by atoms with van der Waals surface area (Å²) in [5.41, 5.74) is 2.25. The van der Waals surface area contributed by atoms with Gasteiger partial charge in [-0.25, -0.2) is 4.79 Å². The molecule has 0 aromatic heterocycles. The fourth-order valence-electron chi connectivity index (χ4n) is 12.7. The summed E-state index contributed by atoms with van der Waals surface area (Å²) >= 11 is 0. The van der Waals surface area contributed by atoms with Crippen LogP contribution >= 0.6 is 0 Å². The van der Waals surface area contributed by atoms with Gasteiger partial charge in [0.2, 0.25) is 0 Å². The summed E-state index contributed by atoms with van der Waals surface area (Å²) in [6.07, 6.45) is 13.2. The summed E-state index contributed by atoms with van der Waals surface area (Å²) in [7, 11) is 0. The number of esters is 1. The Labute approximate surface area is 239 Å². The molecule has 5 saturated carbocycles. The lowest BCUT2D eigenvalue weighted by Gasteiger charge is -2.73. The molecule has 0 aliphatic heterocycles. The van der Waals surface area contributed by atoms with Crippen molar-refractivity contribution in [3.63, 3.8) is 0 Å². The molecule has 1 aromatic carbocycles. The van der Waals surface area contributed by atoms with E-state index in [-0.39, 0.29) is 17.5 Å². The predicted molar refractivity (Wildman–Crippen MR) is 160 cm³/mol. The Morgan fingerprint density at radius 3 is 2.18 bits per heavy atom. The topological polar surface area (TPSA) is 26.3 Å². The van der Waals surface area contributed by atoms with E-state index in [1.54, 1.807) is 0 Å². The Morgan fingerprint density at radius 2 is 1.49 bits per heavy atom. The average Bonchev–Trinajstić information content (AvgIpc) is 3.24. The van der Waals surface area contributed by atoms with Crippen LogP contribution in [0.25, 0.3) is 0 Å². The number of benzene rings is 1. The lowest BCUT2D eigenvalue weighted by molar-refractivity contribution is -0.260. The molecule has 10 unspecified atom stereocenters. The van der Waals surface area contributed by atoms with Crippen LogP contribution in [0.3, 0.4) is 0 Å². The summed E-state index contributed by atoms with van der Waals surface area (Å²) in [5, 5.41) is 0. The number of fused-ring (bicyclic) bond motifs is 7. The summed E-state index contributed by atoms with van der Waals surface area (Å²) in [5.74, 6) is 4.50. The van der Waals surface area contributed by atoms with E-state index in [9.17, 15) is 4.79 Å². The molecule has 6 rings (SSSR count). The minimum Gasteiger partial charge on any atom is -0.458 e. The molecule has 1 aromatic rings. The van der Waals surface area contributed by atoms with Crippen LogP contribution < -0.4 is 0 Å². The number of hydrogen-bond donors (Lipinski definition) is 0. The van der Waals surface area contributed by atoms with Crippen LogP contribution in [0.5, 0.6) is 0 Å². The first-order valence-electron chi connectivity index (χ1n) is 16.5. The van der Waals surface area contributed by atoms with Gasteiger partial charge in [-0.15, -0.1) is 0 Å². The Balaban J connectivity index is 1.38. The van der Waals surface area contributed by atoms with Gasteiger partial charge in [0.15, 0.2) is 0 Å². The Hall–Kier alpha value is -1.31. The Bertz CT molecular complexity index is 1090. The largest absolute Gasteiger partial charge is 0.458 e. The van der Waals surface area contributed by atoms with E-state index in [0.29, 0.717) is 39.1 Å². The monoisotopic (exact) mass is 532 g/mol. The van der Waals surface area contributed by atoms with Gasteiger partial charge >= 0.3 is 5.97 Å². The summed E-state index contributed by atoms with van der Waals surface area (Å²) in [6, 6.07) is 9.71. The molecule has 0 N–H and O–H groups in total. The fraction of sp³-hybridized carbons (Fsp3) is 0.811. The van der Waals surface area contributed by atoms with Crippen molar-refractivity contribution in [2.45, 2.75) is 126 Å². The van der Waals surface area contributed by atoms with Gasteiger partial charge in [0.1, 0.15) is 6.10 Å². The van der Waals surface area contributed by atoms with Crippen molar-refractivity contribution in [3.05, 3.63) is 35.9 Å². The molecule has 216 valence electrons. The van der Waals surface area contributed by atoms with E-state index in [0.717, 1.165) is 36.5 Å². The molecule has 5 aliphatic rings. The molecule has 0 saturated heterocycles. The number of carbonyl (C=O) groups is 1. The standard InChI is InChI=1S/C37H56O2/c1-24(2)26-16-20-34(5)22-23-35(6)27(31(26)34)14-15-29-36(35,7)21-17-28-33(3,4)19-18-30(37(28,29)8)39-32(38)25-12-10-9-11-13-25/h9-13,24,26-31H,14-23H2,1-8H3. The van der Waals surface area contributed by atoms with Gasteiger partial charge in [0, 0.05) is 5.41 Å². The summed E-state index contributed by atoms with van der Waals surface area (Å²) in [6.45, 7) is 20.7. The maximum atomic E-state index is 13.5. The SMILES string of the molecule is CC(C)C1CCC2(C)CCC3(C)C(CCC4C5(C)C(OC(=O)c6ccccc6)CCC(C)(C)C5CCC43C)C12. The molecule has 39 heavy (non-hydrogen) atoms. The second-order valence-corrected chi connectivity index (χ2v) is 16.9. The highest BCUT2D eigenvalue weighted by molar-refractivity contribution is 5.89. The lowest BCUT2D eigenvalue weighted by atomic mass is 9.32. The molecule has 5 aliphatic carbocycles. The second kappa shape index (κ2) is 9.09. The lowest BCUT2D eigenvalue weighted by Crippen LogP contribution is -2.68. The van der Waals surface area contributed by atoms with Gasteiger partial charge in [0.05, 0.1) is 5.56 Å². The van der Waals surface area contributed by atoms with E-state index in [2.05, 4.69) is 55.4 Å². The molecular formula is C37H56O2. The minimum absolute atomic E-state index is 0.0109. The number of hydrogen-bond acceptors (Lipinski definition) is 2. The maximum absolute atomic E-state index is 13.5. The molecular weight excluding hydrogens is 476 g/mol. The first kappa shape index (κ1) is 27.8. The van der Waals surface area contributed by atoms with Gasteiger partial charge in [-0.2, -0.15) is 0 Å². The minimum atomic E-state index is -0.119. The van der Waals surface area contributed by atoms with E-state index >= 15 is 0 Å². The molecule has 2 nitrogen and oxygen atoms in total. The van der Waals surface area contributed by atoms with Gasteiger partial charge in [-0.3, -0.25) is 0 Å². The first-order chi connectivity index (χ1) is 18.3. The zero-order chi connectivity index (χ0) is 28.0. The molecule has 5 fully saturated rings. The van der Waals surface area contributed by atoms with E-state index in [1.165, 1.54) is 51.4 Å². The van der Waals surface area contributed by atoms with Crippen molar-refractivity contribution in [3.8, 4) is 0 Å². The van der Waals surface area contributed by atoms with Crippen molar-refractivity contribution in [2.24, 2.45) is 62.6 Å². The Kier molecular flexibility index (Phi) is 6.49. The second-order valence-electron chi connectivity index (χ2n) is 16.9. The van der Waals surface area contributed by atoms with E-state index < -0.39 is 0 Å². The first-order valence-corrected chi connectivity index (χ1v) is 16.5. The number of carbonyl (C=O) groups excluding carboxylic acids is 1. The third-order valence-corrected chi connectivity index (χ3v) is 14.9. The number of rotatable bonds is 3. The van der Waals surface area contributed by atoms with Crippen LogP contribution in [0.2, 0.25) is 0 Å². The summed E-state index contributed by atoms with van der Waals surface area (Å²) in [4.78, 5) is 13.5. The van der Waals surface area contributed by atoms with Crippen molar-refractivity contribution >= 4 is 5.97 Å². The molecule has 0 radical (unpaired) electrons. The highest BCUT2D eigenvalue weighted by Crippen LogP contribution is 2.77. The highest BCUT2D eigenvalue weighted by Gasteiger charge is 2.71. The third kappa shape index (κ3) is 3.81. The molecule has 10 atom stereocenters. The average molecular weight is 533 g/mol. The van der Waals surface area contributed by atoms with E-state index in [1.807, 2.05) is 30.3 Å². The molecule has 0 heterocycles. The van der Waals surface area contributed by atoms with Crippen LogP contribution in [-0.4, -0.2) is 12.1 Å². The van der Waals surface area contributed by atoms with Crippen LogP contribution in [0.15, 0.2) is 30.3 Å². The summed E-state index contributed by atoms with van der Waals surface area (Å²) < 4.78 is 6.60. The van der Waals surface area contributed by atoms with Gasteiger partial charge in [0.25, 0.3) is 0 Å². The zero-order valence-corrected chi connectivity index (χ0v) is 26.3. The van der Waals surface area contributed by atoms with Crippen molar-refractivity contribution in [1.29, 1.82) is 0 Å². The third-order valence-electron chi connectivity index (χ3n) is 14.9. The van der Waals surface area contributed by atoms with Gasteiger partial charge < -0.3 is 4.74 Å². The van der Waals surface area contributed by atoms with Crippen LogP contribution in [0.4, 0.5) is 0 Å². The normalized spacial score (nSPS) is 48.4. The van der Waals surface area contributed by atoms with Gasteiger partial charge in [-0.1, -0.05) is 73.6 Å². The van der Waals surface area contributed by atoms with Crippen molar-refractivity contribution in [2.75, 3.05) is 0 Å². The van der Waals surface area contributed by atoms with Crippen molar-refractivity contribution < 1.29 is 9.53 Å². The van der Waals surface area contributed by atoms with Crippen molar-refractivity contribution in [1.82, 2.24) is 0 Å². The smallest absolute Gasteiger partial charge is 0.338 e. The predicted octanol–water partition coefficient (Wildman–Crippen LogP) is 9.97. The zero-order valence-electron chi connectivity index (χ0n) is 26.3. The number of ether oxygens (including phenoxy) is 1. The quantitative estimate of drug-likeness (QED) is 0.362. The highest BCUT2D eigenvalue weighted by atomic mass is 16.5. The van der Waals surface area contributed by atoms with Crippen LogP contribution in [0, 0.1) is 62.6 Å². The molecule has 0 amide bonds. The Morgan fingerprint density at radius 1 is 0.769 bits per heavy atom.